The van der Waals surface area contributed by atoms with Gasteiger partial charge in [0.15, 0.2) is 0 Å². The molecule has 0 radical (unpaired) electrons. The van der Waals surface area contributed by atoms with E-state index in [9.17, 15) is 9.59 Å². The van der Waals surface area contributed by atoms with E-state index in [1.165, 1.54) is 0 Å². The van der Waals surface area contributed by atoms with Gasteiger partial charge in [0.05, 0.1) is 6.42 Å². The number of carboxylic acid groups (broad SMARTS) is 2. The molecule has 0 saturated carbocycles. The first-order valence-electron chi connectivity index (χ1n) is 3.70. The molecule has 68 valence electrons. The molecule has 0 aliphatic carbocycles. The van der Waals surface area contributed by atoms with Crippen LogP contribution in [0, 0.1) is 0 Å². The predicted octanol–water partition coefficient (Wildman–Crippen LogP) is 1.27. The summed E-state index contributed by atoms with van der Waals surface area (Å²) in [5.41, 5.74) is 0.456. The van der Waals surface area contributed by atoms with Gasteiger partial charge in [-0.15, -0.1) is 0 Å². The molecule has 2 N–H and O–H groups in total. The van der Waals surface area contributed by atoms with Crippen molar-refractivity contribution in [3.05, 3.63) is 11.6 Å². The summed E-state index contributed by atoms with van der Waals surface area (Å²) in [5.74, 6) is -2.07. The van der Waals surface area contributed by atoms with Gasteiger partial charge in [-0.05, 0) is 6.42 Å². The van der Waals surface area contributed by atoms with Crippen molar-refractivity contribution in [3.63, 3.8) is 0 Å². The van der Waals surface area contributed by atoms with Crippen LogP contribution in [0.4, 0.5) is 0 Å². The molecule has 0 aliphatic rings. The van der Waals surface area contributed by atoms with Crippen LogP contribution >= 0.6 is 0 Å². The highest BCUT2D eigenvalue weighted by Gasteiger charge is 2.04. The number of rotatable bonds is 5. The van der Waals surface area contributed by atoms with E-state index in [2.05, 4.69) is 0 Å². The average Bonchev–Trinajstić information content (AvgIpc) is 1.84. The highest BCUT2D eigenvalue weighted by Crippen LogP contribution is 2.09. The Morgan fingerprint density at radius 1 is 1.33 bits per heavy atom. The van der Waals surface area contributed by atoms with Gasteiger partial charge < -0.3 is 10.2 Å². The fraction of sp³-hybridized carbons (Fsp3) is 0.500. The third-order valence-corrected chi connectivity index (χ3v) is 1.28. The molecule has 0 spiro atoms. The average molecular weight is 172 g/mol. The van der Waals surface area contributed by atoms with Crippen LogP contribution in [0.2, 0.25) is 0 Å². The van der Waals surface area contributed by atoms with Gasteiger partial charge in [0.1, 0.15) is 0 Å². The second kappa shape index (κ2) is 5.35. The van der Waals surface area contributed by atoms with Gasteiger partial charge in [0.25, 0.3) is 0 Å². The minimum Gasteiger partial charge on any atom is -0.481 e. The zero-order valence-electron chi connectivity index (χ0n) is 6.91. The zero-order valence-corrected chi connectivity index (χ0v) is 6.91. The Hall–Kier alpha value is -1.32. The normalized spacial score (nSPS) is 11.2. The van der Waals surface area contributed by atoms with Gasteiger partial charge in [-0.3, -0.25) is 4.79 Å². The quantitative estimate of drug-likeness (QED) is 0.612. The lowest BCUT2D eigenvalue weighted by Gasteiger charge is -1.99. The van der Waals surface area contributed by atoms with Crippen LogP contribution in [0.1, 0.15) is 26.2 Å². The Kier molecular flexibility index (Phi) is 4.76. The number of hydrogen-bond donors (Lipinski definition) is 2. The molecule has 0 heterocycles. The van der Waals surface area contributed by atoms with Crippen molar-refractivity contribution in [2.75, 3.05) is 0 Å². The monoisotopic (exact) mass is 172 g/mol. The summed E-state index contributed by atoms with van der Waals surface area (Å²) in [7, 11) is 0. The molecule has 4 heteroatoms. The molecule has 0 amide bonds. The van der Waals surface area contributed by atoms with Crippen molar-refractivity contribution in [1.29, 1.82) is 0 Å². The van der Waals surface area contributed by atoms with Crippen molar-refractivity contribution in [3.8, 4) is 0 Å². The Bertz CT molecular complexity index is 205. The molecular formula is C8H12O4. The number of hydrogen-bond acceptors (Lipinski definition) is 2. The fourth-order valence-electron chi connectivity index (χ4n) is 0.902. The number of carbonyl (C=O) groups is 2. The maximum absolute atomic E-state index is 10.2. The maximum atomic E-state index is 10.2. The molecule has 0 atom stereocenters. The molecule has 0 bridgehead atoms. The number of carboxylic acids is 2. The van der Waals surface area contributed by atoms with E-state index in [-0.39, 0.29) is 6.42 Å². The van der Waals surface area contributed by atoms with E-state index < -0.39 is 11.9 Å². The summed E-state index contributed by atoms with van der Waals surface area (Å²) in [6, 6.07) is 0. The van der Waals surface area contributed by atoms with E-state index in [1.807, 2.05) is 6.92 Å². The predicted molar refractivity (Wildman–Crippen MR) is 42.9 cm³/mol. The smallest absolute Gasteiger partial charge is 0.328 e. The molecule has 0 aromatic rings. The van der Waals surface area contributed by atoms with Crippen LogP contribution in [0.15, 0.2) is 11.6 Å². The van der Waals surface area contributed by atoms with Crippen molar-refractivity contribution in [2.45, 2.75) is 26.2 Å². The van der Waals surface area contributed by atoms with Crippen LogP contribution in [0.25, 0.3) is 0 Å². The van der Waals surface area contributed by atoms with Crippen molar-refractivity contribution >= 4 is 11.9 Å². The minimum absolute atomic E-state index is 0.180. The highest BCUT2D eigenvalue weighted by molar-refractivity contribution is 5.82. The van der Waals surface area contributed by atoms with Crippen LogP contribution in [-0.4, -0.2) is 22.2 Å². The van der Waals surface area contributed by atoms with Gasteiger partial charge in [0, 0.05) is 6.08 Å². The van der Waals surface area contributed by atoms with E-state index in [1.54, 1.807) is 0 Å². The molecule has 0 aliphatic heterocycles. The topological polar surface area (TPSA) is 74.6 Å². The lowest BCUT2D eigenvalue weighted by Crippen LogP contribution is -2.00. The lowest BCUT2D eigenvalue weighted by atomic mass is 10.1. The van der Waals surface area contributed by atoms with Gasteiger partial charge in [-0.1, -0.05) is 18.9 Å². The summed E-state index contributed by atoms with van der Waals surface area (Å²) < 4.78 is 0. The standard InChI is InChI=1S/C8H12O4/c1-2-3-6(4-7(9)10)5-8(11)12/h4H,2-3,5H2,1H3,(H,9,10)(H,11,12). The highest BCUT2D eigenvalue weighted by atomic mass is 16.4. The van der Waals surface area contributed by atoms with Crippen molar-refractivity contribution < 1.29 is 19.8 Å². The second-order valence-electron chi connectivity index (χ2n) is 2.46. The van der Waals surface area contributed by atoms with E-state index in [0.717, 1.165) is 12.5 Å². The molecule has 0 aromatic carbocycles. The first-order valence-corrected chi connectivity index (χ1v) is 3.70. The van der Waals surface area contributed by atoms with Crippen LogP contribution < -0.4 is 0 Å². The van der Waals surface area contributed by atoms with Crippen LogP contribution in [-0.2, 0) is 9.59 Å². The van der Waals surface area contributed by atoms with Crippen LogP contribution in [0.3, 0.4) is 0 Å². The Balaban J connectivity index is 4.21. The Labute approximate surface area is 70.5 Å². The summed E-state index contributed by atoms with van der Waals surface area (Å²) in [4.78, 5) is 20.4. The molecule has 0 unspecified atom stereocenters. The summed E-state index contributed by atoms with van der Waals surface area (Å²) in [5, 5.41) is 16.7. The van der Waals surface area contributed by atoms with Gasteiger partial charge in [-0.25, -0.2) is 4.79 Å². The largest absolute Gasteiger partial charge is 0.481 e. The maximum Gasteiger partial charge on any atom is 0.328 e. The number of aliphatic carboxylic acids is 2. The summed E-state index contributed by atoms with van der Waals surface area (Å²) >= 11 is 0. The van der Waals surface area contributed by atoms with Crippen molar-refractivity contribution in [1.82, 2.24) is 0 Å². The molecule has 12 heavy (non-hydrogen) atoms. The summed E-state index contributed by atoms with van der Waals surface area (Å²) in [6.07, 6.45) is 2.07. The fourth-order valence-corrected chi connectivity index (χ4v) is 0.902. The lowest BCUT2D eigenvalue weighted by molar-refractivity contribution is -0.136. The van der Waals surface area contributed by atoms with E-state index >= 15 is 0 Å². The third kappa shape index (κ3) is 5.46. The first-order chi connectivity index (χ1) is 5.56. The molecule has 4 nitrogen and oxygen atoms in total. The van der Waals surface area contributed by atoms with E-state index in [0.29, 0.717) is 12.0 Å². The summed E-state index contributed by atoms with van der Waals surface area (Å²) in [6.45, 7) is 1.87. The Morgan fingerprint density at radius 2 is 1.92 bits per heavy atom. The van der Waals surface area contributed by atoms with Gasteiger partial charge in [0.2, 0.25) is 0 Å². The molecule has 0 fully saturated rings. The third-order valence-electron chi connectivity index (χ3n) is 1.28. The minimum atomic E-state index is -1.08. The van der Waals surface area contributed by atoms with Gasteiger partial charge >= 0.3 is 11.9 Å². The van der Waals surface area contributed by atoms with Gasteiger partial charge in [-0.2, -0.15) is 0 Å². The first kappa shape index (κ1) is 10.7. The van der Waals surface area contributed by atoms with Crippen LogP contribution in [0.5, 0.6) is 0 Å². The van der Waals surface area contributed by atoms with E-state index in [4.69, 9.17) is 10.2 Å². The molecular weight excluding hydrogens is 160 g/mol. The molecule has 0 saturated heterocycles. The second-order valence-corrected chi connectivity index (χ2v) is 2.46. The molecule has 0 rings (SSSR count). The SMILES string of the molecule is CCCC(=CC(=O)O)CC(=O)O. The Morgan fingerprint density at radius 3 is 2.25 bits per heavy atom. The molecule has 0 aromatic heterocycles. The van der Waals surface area contributed by atoms with Crippen molar-refractivity contribution in [2.24, 2.45) is 0 Å². The zero-order chi connectivity index (χ0) is 9.56.